The van der Waals surface area contributed by atoms with Crippen molar-refractivity contribution in [1.29, 1.82) is 0 Å². The van der Waals surface area contributed by atoms with Crippen LogP contribution in [0.5, 0.6) is 0 Å². The van der Waals surface area contributed by atoms with Crippen molar-refractivity contribution in [3.8, 4) is 0 Å². The lowest BCUT2D eigenvalue weighted by Crippen LogP contribution is -2.17. The van der Waals surface area contributed by atoms with E-state index in [1.807, 2.05) is 0 Å². The summed E-state index contributed by atoms with van der Waals surface area (Å²) in [5.74, 6) is -2.15. The van der Waals surface area contributed by atoms with Crippen molar-refractivity contribution in [3.05, 3.63) is 58.0 Å². The number of rotatable bonds is 4. The highest BCUT2D eigenvalue weighted by atomic mass is 32.2. The Kier molecular flexibility index (Phi) is 4.29. The van der Waals surface area contributed by atoms with Gasteiger partial charge in [0.1, 0.15) is 11.6 Å². The minimum Gasteiger partial charge on any atom is -0.301 e. The highest BCUT2D eigenvalue weighted by Gasteiger charge is 2.21. The van der Waals surface area contributed by atoms with Crippen LogP contribution in [0.15, 0.2) is 40.4 Å². The molecule has 0 aliphatic carbocycles. The second kappa shape index (κ2) is 5.96. The van der Waals surface area contributed by atoms with E-state index in [4.69, 9.17) is 0 Å². The number of halogens is 2. The van der Waals surface area contributed by atoms with Crippen LogP contribution < -0.4 is 5.56 Å². The van der Waals surface area contributed by atoms with Crippen LogP contribution in [0.2, 0.25) is 0 Å². The first kappa shape index (κ1) is 14.4. The molecule has 2 aromatic rings. The Balaban J connectivity index is 2.18. The van der Waals surface area contributed by atoms with E-state index in [1.54, 1.807) is 6.92 Å². The molecule has 0 radical (unpaired) electrons. The molecule has 0 spiro atoms. The van der Waals surface area contributed by atoms with Gasteiger partial charge in [-0.15, -0.1) is 0 Å². The Morgan fingerprint density at radius 3 is 2.75 bits per heavy atom. The normalized spacial score (nSPS) is 12.2. The van der Waals surface area contributed by atoms with Gasteiger partial charge in [0, 0.05) is 18.3 Å². The quantitative estimate of drug-likeness (QED) is 0.534. The third-order valence-electron chi connectivity index (χ3n) is 2.50. The number of thioether (sulfide) groups is 1. The van der Waals surface area contributed by atoms with E-state index in [9.17, 15) is 18.4 Å². The number of ketones is 1. The molecule has 20 heavy (non-hydrogen) atoms. The third kappa shape index (κ3) is 3.30. The molecule has 1 aromatic heterocycles. The summed E-state index contributed by atoms with van der Waals surface area (Å²) in [4.78, 5) is 29.5. The summed E-state index contributed by atoms with van der Waals surface area (Å²) >= 11 is 0.997. The lowest BCUT2D eigenvalue weighted by atomic mass is 10.1. The predicted molar refractivity (Wildman–Crippen MR) is 70.9 cm³/mol. The van der Waals surface area contributed by atoms with Crippen LogP contribution in [0.3, 0.4) is 0 Å². The molecule has 0 aliphatic rings. The van der Waals surface area contributed by atoms with Crippen molar-refractivity contribution >= 4 is 17.5 Å². The first-order chi connectivity index (χ1) is 9.47. The smallest absolute Gasteiger partial charge is 0.251 e. The van der Waals surface area contributed by atoms with E-state index in [-0.39, 0.29) is 16.3 Å². The van der Waals surface area contributed by atoms with Crippen molar-refractivity contribution in [2.45, 2.75) is 17.3 Å². The molecule has 0 aliphatic heterocycles. The lowest BCUT2D eigenvalue weighted by molar-refractivity contribution is 0.0990. The van der Waals surface area contributed by atoms with E-state index in [0.717, 1.165) is 23.9 Å². The van der Waals surface area contributed by atoms with Gasteiger partial charge in [0.2, 0.25) is 0 Å². The Labute approximate surface area is 117 Å². The SMILES string of the molecule is CC(Sc1nccc(=O)[nH]1)C(=O)c1ccc(F)cc1F. The van der Waals surface area contributed by atoms with Crippen molar-refractivity contribution < 1.29 is 13.6 Å². The Bertz CT molecular complexity index is 703. The van der Waals surface area contributed by atoms with Crippen LogP contribution >= 0.6 is 11.8 Å². The average Bonchev–Trinajstić information content (AvgIpc) is 2.38. The highest BCUT2D eigenvalue weighted by molar-refractivity contribution is 8.00. The molecule has 0 bridgehead atoms. The molecule has 0 fully saturated rings. The molecule has 1 atom stereocenters. The van der Waals surface area contributed by atoms with Gasteiger partial charge in [-0.1, -0.05) is 11.8 Å². The predicted octanol–water partition coefficient (Wildman–Crippen LogP) is 2.41. The molecule has 4 nitrogen and oxygen atoms in total. The summed E-state index contributed by atoms with van der Waals surface area (Å²) in [6.45, 7) is 1.56. The highest BCUT2D eigenvalue weighted by Crippen LogP contribution is 2.22. The molecule has 7 heteroatoms. The number of Topliss-reactive ketones (excluding diaryl/α,β-unsaturated/α-hetero) is 1. The maximum atomic E-state index is 13.5. The van der Waals surface area contributed by atoms with E-state index < -0.39 is 22.7 Å². The van der Waals surface area contributed by atoms with Gasteiger partial charge >= 0.3 is 0 Å². The van der Waals surface area contributed by atoms with Crippen LogP contribution in [-0.4, -0.2) is 21.0 Å². The second-order valence-corrected chi connectivity index (χ2v) is 5.32. The van der Waals surface area contributed by atoms with Crippen molar-refractivity contribution in [2.75, 3.05) is 0 Å². The first-order valence-electron chi connectivity index (χ1n) is 5.68. The summed E-state index contributed by atoms with van der Waals surface area (Å²) in [6, 6.07) is 4.03. The second-order valence-electron chi connectivity index (χ2n) is 3.99. The zero-order valence-electron chi connectivity index (χ0n) is 10.4. The summed E-state index contributed by atoms with van der Waals surface area (Å²) in [6.07, 6.45) is 1.32. The van der Waals surface area contributed by atoms with Crippen molar-refractivity contribution in [1.82, 2.24) is 9.97 Å². The fourth-order valence-electron chi connectivity index (χ4n) is 1.54. The van der Waals surface area contributed by atoms with Crippen LogP contribution in [0, 0.1) is 11.6 Å². The number of nitrogens with zero attached hydrogens (tertiary/aromatic N) is 1. The van der Waals surface area contributed by atoms with Gasteiger partial charge < -0.3 is 4.98 Å². The number of benzene rings is 1. The summed E-state index contributed by atoms with van der Waals surface area (Å²) in [7, 11) is 0. The number of hydrogen-bond donors (Lipinski definition) is 1. The number of carbonyl (C=O) groups is 1. The Morgan fingerprint density at radius 2 is 2.10 bits per heavy atom. The minimum atomic E-state index is -0.906. The number of H-pyrrole nitrogens is 1. The molecule has 1 unspecified atom stereocenters. The van der Waals surface area contributed by atoms with Gasteiger partial charge in [-0.2, -0.15) is 0 Å². The van der Waals surface area contributed by atoms with E-state index in [0.29, 0.717) is 6.07 Å². The Hall–Kier alpha value is -2.02. The monoisotopic (exact) mass is 296 g/mol. The zero-order chi connectivity index (χ0) is 14.7. The van der Waals surface area contributed by atoms with Crippen LogP contribution in [0.1, 0.15) is 17.3 Å². The molecule has 0 saturated carbocycles. The van der Waals surface area contributed by atoms with Gasteiger partial charge in [-0.3, -0.25) is 9.59 Å². The van der Waals surface area contributed by atoms with Crippen LogP contribution in [0.25, 0.3) is 0 Å². The van der Waals surface area contributed by atoms with E-state index >= 15 is 0 Å². The van der Waals surface area contributed by atoms with Crippen LogP contribution in [-0.2, 0) is 0 Å². The fraction of sp³-hybridized carbons (Fsp3) is 0.154. The third-order valence-corrected chi connectivity index (χ3v) is 3.50. The minimum absolute atomic E-state index is 0.190. The van der Waals surface area contributed by atoms with E-state index in [2.05, 4.69) is 9.97 Å². The first-order valence-corrected chi connectivity index (χ1v) is 6.56. The largest absolute Gasteiger partial charge is 0.301 e. The molecular weight excluding hydrogens is 286 g/mol. The zero-order valence-corrected chi connectivity index (χ0v) is 11.2. The molecule has 1 aromatic carbocycles. The number of nitrogens with one attached hydrogen (secondary N) is 1. The fourth-order valence-corrected chi connectivity index (χ4v) is 2.39. The number of aromatic amines is 1. The standard InChI is InChI=1S/C13H10F2N2O2S/c1-7(20-13-16-5-4-11(18)17-13)12(19)9-3-2-8(14)6-10(9)15/h2-7H,1H3,(H,16,17,18). The summed E-state index contributed by atoms with van der Waals surface area (Å²) < 4.78 is 26.3. The topological polar surface area (TPSA) is 62.8 Å². The molecular formula is C13H10F2N2O2S. The summed E-state index contributed by atoms with van der Waals surface area (Å²) in [5, 5.41) is -0.401. The van der Waals surface area contributed by atoms with Gasteiger partial charge in [0.05, 0.1) is 10.8 Å². The molecule has 0 amide bonds. The van der Waals surface area contributed by atoms with Gasteiger partial charge in [0.25, 0.3) is 5.56 Å². The lowest BCUT2D eigenvalue weighted by Gasteiger charge is -2.10. The number of hydrogen-bond acceptors (Lipinski definition) is 4. The molecule has 104 valence electrons. The van der Waals surface area contributed by atoms with Gasteiger partial charge in [0.15, 0.2) is 10.9 Å². The Morgan fingerprint density at radius 1 is 1.35 bits per heavy atom. The van der Waals surface area contributed by atoms with Gasteiger partial charge in [-0.25, -0.2) is 13.8 Å². The van der Waals surface area contributed by atoms with E-state index in [1.165, 1.54) is 12.3 Å². The van der Waals surface area contributed by atoms with Crippen molar-refractivity contribution in [2.24, 2.45) is 0 Å². The molecule has 1 heterocycles. The number of aromatic nitrogens is 2. The number of carbonyl (C=O) groups excluding carboxylic acids is 1. The maximum Gasteiger partial charge on any atom is 0.251 e. The molecule has 1 N–H and O–H groups in total. The maximum absolute atomic E-state index is 13.5. The summed E-state index contributed by atoms with van der Waals surface area (Å²) in [5.41, 5.74) is -0.528. The average molecular weight is 296 g/mol. The van der Waals surface area contributed by atoms with Crippen molar-refractivity contribution in [3.63, 3.8) is 0 Å². The van der Waals surface area contributed by atoms with Crippen LogP contribution in [0.4, 0.5) is 8.78 Å². The molecule has 0 saturated heterocycles. The molecule has 2 rings (SSSR count). The van der Waals surface area contributed by atoms with Gasteiger partial charge in [-0.05, 0) is 19.1 Å².